The van der Waals surface area contributed by atoms with Gasteiger partial charge < -0.3 is 19.3 Å². The van der Waals surface area contributed by atoms with Crippen LogP contribution in [0.3, 0.4) is 0 Å². The summed E-state index contributed by atoms with van der Waals surface area (Å²) >= 11 is 6.93. The van der Waals surface area contributed by atoms with Crippen LogP contribution in [0.2, 0.25) is 5.02 Å². The number of piperazine rings is 1. The Morgan fingerprint density at radius 2 is 1.91 bits per heavy atom. The van der Waals surface area contributed by atoms with Gasteiger partial charge in [-0.3, -0.25) is 4.98 Å². The molecule has 1 fully saturated rings. The second-order valence-corrected chi connectivity index (χ2v) is 13.0. The van der Waals surface area contributed by atoms with Gasteiger partial charge in [0, 0.05) is 37.5 Å². The Balaban J connectivity index is 1.61. The van der Waals surface area contributed by atoms with Crippen LogP contribution in [0.5, 0.6) is 5.75 Å². The standard InChI is InChI=1S/C32H33ClF2N6O4/c1-16(2)24-26(17(3)9-10-36-24)41-29-22-27(23(33)25(37-29)20-8-7-18(34)13-21(20)35)44-15-19-14-39(31(43)45-32(4,5)6)11-12-40(19)28(22)38-30(41)42/h7-10,13,16,19H,11-12,14-15H2,1-6H3/t19-/m1/s1. The van der Waals surface area contributed by atoms with Crippen molar-refractivity contribution in [3.05, 3.63) is 68.9 Å². The van der Waals surface area contributed by atoms with Crippen molar-refractivity contribution in [1.29, 1.82) is 0 Å². The number of carbonyl (C=O) groups excluding carboxylic acids is 1. The molecule has 4 aromatic rings. The Hall–Kier alpha value is -4.32. The van der Waals surface area contributed by atoms with Crippen LogP contribution < -0.4 is 15.3 Å². The van der Waals surface area contributed by atoms with E-state index in [1.165, 1.54) is 10.6 Å². The number of pyridine rings is 2. The van der Waals surface area contributed by atoms with Gasteiger partial charge in [0.05, 0.1) is 23.1 Å². The van der Waals surface area contributed by atoms with E-state index < -0.39 is 35.1 Å². The van der Waals surface area contributed by atoms with Crippen LogP contribution in [0.25, 0.3) is 28.0 Å². The maximum absolute atomic E-state index is 15.2. The van der Waals surface area contributed by atoms with Crippen molar-refractivity contribution < 1.29 is 23.0 Å². The Morgan fingerprint density at radius 1 is 1.16 bits per heavy atom. The molecule has 13 heteroatoms. The maximum Gasteiger partial charge on any atom is 0.410 e. The van der Waals surface area contributed by atoms with Gasteiger partial charge in [0.2, 0.25) is 0 Å². The molecule has 2 aliphatic rings. The number of aromatic nitrogens is 4. The van der Waals surface area contributed by atoms with Crippen molar-refractivity contribution in [3.63, 3.8) is 0 Å². The quantitative estimate of drug-likeness (QED) is 0.268. The van der Waals surface area contributed by atoms with Crippen molar-refractivity contribution in [1.82, 2.24) is 24.4 Å². The summed E-state index contributed by atoms with van der Waals surface area (Å²) in [5.41, 5.74) is 0.634. The summed E-state index contributed by atoms with van der Waals surface area (Å²) in [6.45, 7) is 12.1. The SMILES string of the molecule is Cc1ccnc(C(C)C)c1-n1c(=O)nc2c3c(c(Cl)c(-c4ccc(F)cc4F)nc31)OC[C@H]1CN(C(=O)OC(C)(C)C)CCN21. The van der Waals surface area contributed by atoms with Crippen LogP contribution in [0.15, 0.2) is 35.3 Å². The Labute approximate surface area is 263 Å². The maximum atomic E-state index is 15.2. The van der Waals surface area contributed by atoms with E-state index in [9.17, 15) is 14.0 Å². The van der Waals surface area contributed by atoms with Gasteiger partial charge in [-0.05, 0) is 57.4 Å². The highest BCUT2D eigenvalue weighted by Crippen LogP contribution is 2.45. The molecule has 1 amide bonds. The van der Waals surface area contributed by atoms with Crippen molar-refractivity contribution in [2.75, 3.05) is 31.1 Å². The Bertz CT molecular complexity index is 1910. The lowest BCUT2D eigenvalue weighted by molar-refractivity contribution is 0.0202. The average Bonchev–Trinajstić information content (AvgIpc) is 3.11. The van der Waals surface area contributed by atoms with E-state index >= 15 is 4.39 Å². The van der Waals surface area contributed by atoms with Crippen LogP contribution in [0, 0.1) is 18.6 Å². The first-order valence-corrected chi connectivity index (χ1v) is 15.1. The number of benzene rings is 1. The Morgan fingerprint density at radius 3 is 2.60 bits per heavy atom. The molecule has 1 aromatic carbocycles. The molecule has 45 heavy (non-hydrogen) atoms. The fraction of sp³-hybridized carbons (Fsp3) is 0.406. The topological polar surface area (TPSA) is 103 Å². The van der Waals surface area contributed by atoms with Gasteiger partial charge in [0.1, 0.15) is 40.1 Å². The molecule has 6 rings (SSSR count). The number of nitrogens with zero attached hydrogens (tertiary/aromatic N) is 6. The monoisotopic (exact) mass is 638 g/mol. The van der Waals surface area contributed by atoms with Crippen LogP contribution in [-0.2, 0) is 4.74 Å². The summed E-state index contributed by atoms with van der Waals surface area (Å²) in [5, 5.41) is 0.342. The van der Waals surface area contributed by atoms with E-state index in [1.54, 1.807) is 37.9 Å². The Kier molecular flexibility index (Phi) is 7.67. The van der Waals surface area contributed by atoms with Gasteiger partial charge in [0.25, 0.3) is 0 Å². The molecule has 0 unspecified atom stereocenters. The second-order valence-electron chi connectivity index (χ2n) is 12.6. The van der Waals surface area contributed by atoms with E-state index in [1.807, 2.05) is 25.7 Å². The lowest BCUT2D eigenvalue weighted by Gasteiger charge is -2.41. The van der Waals surface area contributed by atoms with Crippen LogP contribution >= 0.6 is 11.6 Å². The molecule has 5 heterocycles. The van der Waals surface area contributed by atoms with Gasteiger partial charge in [-0.2, -0.15) is 4.98 Å². The molecule has 2 aliphatic heterocycles. The molecule has 1 saturated heterocycles. The zero-order valence-electron chi connectivity index (χ0n) is 25.8. The molecule has 0 saturated carbocycles. The molecule has 0 radical (unpaired) electrons. The first-order valence-electron chi connectivity index (χ1n) is 14.7. The molecular formula is C32H33ClF2N6O4. The number of carbonyl (C=O) groups is 1. The molecule has 0 N–H and O–H groups in total. The molecule has 10 nitrogen and oxygen atoms in total. The van der Waals surface area contributed by atoms with E-state index in [0.717, 1.165) is 17.7 Å². The summed E-state index contributed by atoms with van der Waals surface area (Å²) < 4.78 is 42.4. The number of aryl methyl sites for hydroxylation is 1. The summed E-state index contributed by atoms with van der Waals surface area (Å²) in [6.07, 6.45) is 1.21. The summed E-state index contributed by atoms with van der Waals surface area (Å²) in [7, 11) is 0. The van der Waals surface area contributed by atoms with E-state index in [2.05, 4.69) is 9.97 Å². The highest BCUT2D eigenvalue weighted by atomic mass is 35.5. The van der Waals surface area contributed by atoms with Crippen LogP contribution in [-0.4, -0.2) is 68.4 Å². The molecule has 236 valence electrons. The van der Waals surface area contributed by atoms with Gasteiger partial charge in [0.15, 0.2) is 11.4 Å². The third-order valence-corrected chi connectivity index (χ3v) is 8.19. The molecule has 0 spiro atoms. The van der Waals surface area contributed by atoms with Crippen molar-refractivity contribution in [2.24, 2.45) is 0 Å². The average molecular weight is 639 g/mol. The number of hydrogen-bond donors (Lipinski definition) is 0. The molecule has 0 bridgehead atoms. The molecule has 1 atom stereocenters. The fourth-order valence-corrected chi connectivity index (χ4v) is 6.11. The minimum atomic E-state index is -0.876. The number of ether oxygens (including phenoxy) is 2. The number of rotatable bonds is 3. The predicted octanol–water partition coefficient (Wildman–Crippen LogP) is 6.02. The predicted molar refractivity (Wildman–Crippen MR) is 167 cm³/mol. The van der Waals surface area contributed by atoms with Gasteiger partial charge in [-0.1, -0.05) is 25.4 Å². The number of hydrogen-bond acceptors (Lipinski definition) is 8. The third-order valence-electron chi connectivity index (χ3n) is 7.84. The van der Waals surface area contributed by atoms with Gasteiger partial charge in [-0.25, -0.2) is 27.9 Å². The van der Waals surface area contributed by atoms with Gasteiger partial charge >= 0.3 is 11.8 Å². The molecule has 0 aliphatic carbocycles. The smallest absolute Gasteiger partial charge is 0.410 e. The normalized spacial score (nSPS) is 16.4. The number of halogens is 3. The lowest BCUT2D eigenvalue weighted by Crippen LogP contribution is -2.57. The summed E-state index contributed by atoms with van der Waals surface area (Å²) in [6, 6.07) is 4.46. The summed E-state index contributed by atoms with van der Waals surface area (Å²) in [5.74, 6) is -1.26. The third kappa shape index (κ3) is 5.45. The van der Waals surface area contributed by atoms with E-state index in [4.69, 9.17) is 26.1 Å². The minimum absolute atomic E-state index is 0.0166. The van der Waals surface area contributed by atoms with Gasteiger partial charge in [-0.15, -0.1) is 0 Å². The number of amides is 1. The highest BCUT2D eigenvalue weighted by Gasteiger charge is 2.38. The number of fused-ring (bicyclic) bond motifs is 2. The zero-order valence-corrected chi connectivity index (χ0v) is 26.6. The fourth-order valence-electron chi connectivity index (χ4n) is 5.82. The van der Waals surface area contributed by atoms with E-state index in [0.29, 0.717) is 35.7 Å². The first-order chi connectivity index (χ1) is 21.2. The first kappa shape index (κ1) is 30.7. The van der Waals surface area contributed by atoms with Crippen molar-refractivity contribution in [3.8, 4) is 22.7 Å². The van der Waals surface area contributed by atoms with Crippen molar-refractivity contribution >= 4 is 34.5 Å². The van der Waals surface area contributed by atoms with Crippen LogP contribution in [0.4, 0.5) is 19.4 Å². The number of anilines is 1. The zero-order chi connectivity index (χ0) is 32.4. The summed E-state index contributed by atoms with van der Waals surface area (Å²) in [4.78, 5) is 44.5. The van der Waals surface area contributed by atoms with Crippen molar-refractivity contribution in [2.45, 2.75) is 59.1 Å². The largest absolute Gasteiger partial charge is 0.489 e. The minimum Gasteiger partial charge on any atom is -0.489 e. The lowest BCUT2D eigenvalue weighted by atomic mass is 10.0. The second kappa shape index (κ2) is 11.2. The highest BCUT2D eigenvalue weighted by molar-refractivity contribution is 6.36. The molecule has 3 aromatic heterocycles. The van der Waals surface area contributed by atoms with Crippen LogP contribution in [0.1, 0.15) is 51.8 Å². The van der Waals surface area contributed by atoms with E-state index in [-0.39, 0.29) is 46.7 Å². The molecular weight excluding hydrogens is 606 g/mol.